The Balaban J connectivity index is 1.39. The van der Waals surface area contributed by atoms with Crippen LogP contribution in [0.3, 0.4) is 0 Å². The zero-order valence-corrected chi connectivity index (χ0v) is 17.7. The van der Waals surface area contributed by atoms with Gasteiger partial charge < -0.3 is 10.2 Å². The van der Waals surface area contributed by atoms with E-state index >= 15 is 0 Å². The topological polar surface area (TPSA) is 49.4 Å². The second kappa shape index (κ2) is 9.72. The largest absolute Gasteiger partial charge is 0.354 e. The molecular formula is C25H26N2O2S. The summed E-state index contributed by atoms with van der Waals surface area (Å²) in [5, 5.41) is 4.99. The van der Waals surface area contributed by atoms with Crippen molar-refractivity contribution in [2.24, 2.45) is 0 Å². The van der Waals surface area contributed by atoms with E-state index in [0.717, 1.165) is 19.3 Å². The Morgan fingerprint density at radius 3 is 2.23 bits per heavy atom. The highest BCUT2D eigenvalue weighted by Gasteiger charge is 2.34. The van der Waals surface area contributed by atoms with Crippen LogP contribution in [-0.2, 0) is 4.79 Å². The first-order valence-corrected chi connectivity index (χ1v) is 11.3. The first-order valence-electron chi connectivity index (χ1n) is 10.5. The Morgan fingerprint density at radius 1 is 0.967 bits per heavy atom. The number of nitrogens with one attached hydrogen (secondary N) is 1. The van der Waals surface area contributed by atoms with E-state index in [4.69, 9.17) is 0 Å². The van der Waals surface area contributed by atoms with Gasteiger partial charge >= 0.3 is 0 Å². The van der Waals surface area contributed by atoms with Crippen molar-refractivity contribution in [3.63, 3.8) is 0 Å². The number of nitrogens with zero attached hydrogens (tertiary/aromatic N) is 1. The van der Waals surface area contributed by atoms with Gasteiger partial charge in [-0.05, 0) is 41.8 Å². The zero-order chi connectivity index (χ0) is 20.8. The highest BCUT2D eigenvalue weighted by molar-refractivity contribution is 7.12. The average Bonchev–Trinajstić information content (AvgIpc) is 3.50. The van der Waals surface area contributed by atoms with Gasteiger partial charge in [-0.1, -0.05) is 66.7 Å². The van der Waals surface area contributed by atoms with Gasteiger partial charge in [0.2, 0.25) is 5.91 Å². The molecule has 0 spiro atoms. The summed E-state index contributed by atoms with van der Waals surface area (Å²) in [4.78, 5) is 28.0. The van der Waals surface area contributed by atoms with E-state index in [0.29, 0.717) is 18.0 Å². The van der Waals surface area contributed by atoms with Crippen LogP contribution in [-0.4, -0.2) is 35.8 Å². The molecule has 0 radical (unpaired) electrons. The molecule has 1 N–H and O–H groups in total. The van der Waals surface area contributed by atoms with Crippen molar-refractivity contribution in [2.45, 2.75) is 31.2 Å². The summed E-state index contributed by atoms with van der Waals surface area (Å²) in [7, 11) is 0. The van der Waals surface area contributed by atoms with Gasteiger partial charge in [0.05, 0.1) is 4.88 Å². The number of carbonyl (C=O) groups excluding carboxylic acids is 2. The first-order chi connectivity index (χ1) is 14.7. The second-order valence-corrected chi connectivity index (χ2v) is 8.54. The lowest BCUT2D eigenvalue weighted by atomic mass is 9.88. The van der Waals surface area contributed by atoms with Crippen LogP contribution < -0.4 is 5.32 Å². The van der Waals surface area contributed by atoms with Crippen LogP contribution in [0.2, 0.25) is 0 Å². The third kappa shape index (κ3) is 4.62. The van der Waals surface area contributed by atoms with Crippen LogP contribution in [0.4, 0.5) is 0 Å². The number of benzene rings is 2. The molecule has 2 aromatic carbocycles. The van der Waals surface area contributed by atoms with Crippen molar-refractivity contribution in [1.29, 1.82) is 0 Å². The van der Waals surface area contributed by atoms with Gasteiger partial charge in [-0.3, -0.25) is 9.59 Å². The summed E-state index contributed by atoms with van der Waals surface area (Å²) >= 11 is 1.43. The zero-order valence-electron chi connectivity index (χ0n) is 16.9. The molecule has 1 saturated heterocycles. The number of likely N-dealkylation sites (tertiary alicyclic amines) is 1. The van der Waals surface area contributed by atoms with Gasteiger partial charge in [-0.2, -0.15) is 0 Å². The van der Waals surface area contributed by atoms with E-state index < -0.39 is 0 Å². The first kappa shape index (κ1) is 20.4. The smallest absolute Gasteiger partial charge is 0.264 e. The van der Waals surface area contributed by atoms with E-state index in [2.05, 4.69) is 53.8 Å². The predicted octanol–water partition coefficient (Wildman–Crippen LogP) is 4.69. The van der Waals surface area contributed by atoms with E-state index in [1.54, 1.807) is 4.90 Å². The number of thiophene rings is 1. The lowest BCUT2D eigenvalue weighted by molar-refractivity contribution is -0.124. The van der Waals surface area contributed by atoms with Gasteiger partial charge in [-0.15, -0.1) is 11.3 Å². The minimum absolute atomic E-state index is 0.0332. The maximum atomic E-state index is 12.9. The van der Waals surface area contributed by atoms with Crippen LogP contribution in [0.5, 0.6) is 0 Å². The molecule has 0 bridgehead atoms. The Kier molecular flexibility index (Phi) is 6.60. The summed E-state index contributed by atoms with van der Waals surface area (Å²) in [5.74, 6) is 0.145. The number of amides is 2. The lowest BCUT2D eigenvalue weighted by Gasteiger charge is -2.24. The molecule has 1 atom stereocenters. The van der Waals surface area contributed by atoms with E-state index in [-0.39, 0.29) is 23.8 Å². The molecule has 4 nitrogen and oxygen atoms in total. The minimum Gasteiger partial charge on any atom is -0.354 e. The molecule has 2 heterocycles. The molecule has 1 fully saturated rings. The number of hydrogen-bond acceptors (Lipinski definition) is 3. The molecule has 30 heavy (non-hydrogen) atoms. The molecule has 1 aromatic heterocycles. The molecule has 1 unspecified atom stereocenters. The fourth-order valence-corrected chi connectivity index (χ4v) is 4.86. The maximum absolute atomic E-state index is 12.9. The fraction of sp³-hybridized carbons (Fsp3) is 0.280. The van der Waals surface area contributed by atoms with Gasteiger partial charge in [0.25, 0.3) is 5.91 Å². The lowest BCUT2D eigenvalue weighted by Crippen LogP contribution is -2.46. The third-order valence-electron chi connectivity index (χ3n) is 5.68. The summed E-state index contributed by atoms with van der Waals surface area (Å²) in [6.07, 6.45) is 2.40. The molecule has 3 aromatic rings. The number of rotatable bonds is 7. The van der Waals surface area contributed by atoms with Crippen molar-refractivity contribution in [2.75, 3.05) is 13.1 Å². The van der Waals surface area contributed by atoms with Crippen LogP contribution in [0.15, 0.2) is 78.2 Å². The van der Waals surface area contributed by atoms with Crippen molar-refractivity contribution in [3.8, 4) is 0 Å². The molecule has 0 saturated carbocycles. The molecule has 5 heteroatoms. The van der Waals surface area contributed by atoms with Crippen molar-refractivity contribution in [1.82, 2.24) is 10.2 Å². The fourth-order valence-electron chi connectivity index (χ4n) is 4.18. The maximum Gasteiger partial charge on any atom is 0.264 e. The highest BCUT2D eigenvalue weighted by atomic mass is 32.1. The summed E-state index contributed by atoms with van der Waals surface area (Å²) in [6.45, 7) is 1.22. The predicted molar refractivity (Wildman–Crippen MR) is 121 cm³/mol. The minimum atomic E-state index is -0.369. The number of hydrogen-bond donors (Lipinski definition) is 1. The third-order valence-corrected chi connectivity index (χ3v) is 6.54. The van der Waals surface area contributed by atoms with E-state index in [1.807, 2.05) is 29.6 Å². The quantitative estimate of drug-likeness (QED) is 0.605. The molecule has 0 aliphatic carbocycles. The molecule has 1 aliphatic rings. The Labute approximate surface area is 181 Å². The molecular weight excluding hydrogens is 392 g/mol. The standard InChI is InChI=1S/C25H26N2O2S/c28-24(22-13-7-17-27(22)25(29)23-14-8-18-30-23)26-16-15-21(19-9-3-1-4-10-19)20-11-5-2-6-12-20/h1-6,8-12,14,18,21-22H,7,13,15-17H2,(H,26,28). The molecule has 4 rings (SSSR count). The van der Waals surface area contributed by atoms with Crippen LogP contribution in [0.1, 0.15) is 46.0 Å². The van der Waals surface area contributed by atoms with E-state index in [9.17, 15) is 9.59 Å². The highest BCUT2D eigenvalue weighted by Crippen LogP contribution is 2.27. The van der Waals surface area contributed by atoms with Gasteiger partial charge in [-0.25, -0.2) is 0 Å². The summed E-state index contributed by atoms with van der Waals surface area (Å²) in [5.41, 5.74) is 2.49. The summed E-state index contributed by atoms with van der Waals surface area (Å²) < 4.78 is 0. The Morgan fingerprint density at radius 2 is 1.63 bits per heavy atom. The second-order valence-electron chi connectivity index (χ2n) is 7.59. The Bertz CT molecular complexity index is 918. The van der Waals surface area contributed by atoms with Crippen molar-refractivity contribution < 1.29 is 9.59 Å². The average molecular weight is 419 g/mol. The molecule has 2 amide bonds. The van der Waals surface area contributed by atoms with Gasteiger partial charge in [0.15, 0.2) is 0 Å². The SMILES string of the molecule is O=C(NCCC(c1ccccc1)c1ccccc1)C1CCCN1C(=O)c1cccs1. The summed E-state index contributed by atoms with van der Waals surface area (Å²) in [6, 6.07) is 24.1. The van der Waals surface area contributed by atoms with Crippen molar-refractivity contribution >= 4 is 23.2 Å². The van der Waals surface area contributed by atoms with E-state index in [1.165, 1.54) is 22.5 Å². The monoisotopic (exact) mass is 418 g/mol. The Hall–Kier alpha value is -2.92. The molecule has 1 aliphatic heterocycles. The van der Waals surface area contributed by atoms with Crippen LogP contribution in [0, 0.1) is 0 Å². The van der Waals surface area contributed by atoms with Crippen LogP contribution >= 0.6 is 11.3 Å². The number of carbonyl (C=O) groups is 2. The van der Waals surface area contributed by atoms with Gasteiger partial charge in [0.1, 0.15) is 6.04 Å². The normalized spacial score (nSPS) is 16.0. The van der Waals surface area contributed by atoms with Crippen LogP contribution in [0.25, 0.3) is 0 Å². The van der Waals surface area contributed by atoms with Gasteiger partial charge in [0, 0.05) is 19.0 Å². The van der Waals surface area contributed by atoms with Crippen molar-refractivity contribution in [3.05, 3.63) is 94.2 Å². The molecule has 154 valence electrons.